The van der Waals surface area contributed by atoms with Crippen molar-refractivity contribution in [2.45, 2.75) is 143 Å². The molecule has 0 aliphatic heterocycles. The van der Waals surface area contributed by atoms with Crippen molar-refractivity contribution in [2.24, 2.45) is 17.3 Å². The van der Waals surface area contributed by atoms with Gasteiger partial charge >= 0.3 is 0 Å². The second kappa shape index (κ2) is 11.0. The van der Waals surface area contributed by atoms with Crippen LogP contribution in [-0.2, 0) is 4.43 Å². The predicted octanol–water partition coefficient (Wildman–Crippen LogP) is 7.95. The van der Waals surface area contributed by atoms with Gasteiger partial charge in [0.05, 0.1) is 5.60 Å². The normalized spacial score (nSPS) is 25.6. The molecule has 0 radical (unpaired) electrons. The molecule has 0 aromatic heterocycles. The molecule has 2 nitrogen and oxygen atoms in total. The van der Waals surface area contributed by atoms with E-state index < -0.39 is 13.9 Å². The molecule has 0 amide bonds. The van der Waals surface area contributed by atoms with Crippen LogP contribution in [-0.4, -0.2) is 25.1 Å². The molecule has 30 heavy (non-hydrogen) atoms. The molecule has 1 fully saturated rings. The highest BCUT2D eigenvalue weighted by Crippen LogP contribution is 2.51. The summed E-state index contributed by atoms with van der Waals surface area (Å²) < 4.78 is 6.90. The van der Waals surface area contributed by atoms with Crippen LogP contribution in [0.3, 0.4) is 0 Å². The van der Waals surface area contributed by atoms with Gasteiger partial charge in [0.2, 0.25) is 0 Å². The maximum absolute atomic E-state index is 10.2. The van der Waals surface area contributed by atoms with E-state index in [2.05, 4.69) is 53.6 Å². The number of hydrogen-bond acceptors (Lipinski definition) is 2. The number of rotatable bonds is 11. The minimum atomic E-state index is -1.75. The van der Waals surface area contributed by atoms with E-state index in [1.54, 1.807) is 0 Å². The highest BCUT2D eigenvalue weighted by atomic mass is 28.4. The van der Waals surface area contributed by atoms with E-state index in [-0.39, 0.29) is 5.04 Å². The van der Waals surface area contributed by atoms with Crippen LogP contribution < -0.4 is 0 Å². The first-order valence-corrected chi connectivity index (χ1v) is 15.4. The van der Waals surface area contributed by atoms with Crippen molar-refractivity contribution in [1.29, 1.82) is 0 Å². The van der Waals surface area contributed by atoms with Crippen molar-refractivity contribution in [3.05, 3.63) is 0 Å². The molecule has 1 saturated carbocycles. The third-order valence-corrected chi connectivity index (χ3v) is 12.6. The minimum absolute atomic E-state index is 0.257. The molecule has 0 saturated heterocycles. The summed E-state index contributed by atoms with van der Waals surface area (Å²) in [6.45, 7) is 20.5. The quantitative estimate of drug-likeness (QED) is 0.263. The van der Waals surface area contributed by atoms with Crippen LogP contribution in [0.25, 0.3) is 0 Å². The summed E-state index contributed by atoms with van der Waals surface area (Å²) in [5, 5.41) is 10.4. The average molecular weight is 437 g/mol. The van der Waals surface area contributed by atoms with E-state index in [0.717, 1.165) is 25.7 Å². The second-order valence-corrected chi connectivity index (χ2v) is 17.3. The van der Waals surface area contributed by atoms with Gasteiger partial charge in [-0.05, 0) is 87.8 Å². The Hall–Kier alpha value is -0.303. The first-order valence-electron chi connectivity index (χ1n) is 12.5. The summed E-state index contributed by atoms with van der Waals surface area (Å²) in [7, 11) is -1.75. The largest absolute Gasteiger partial charge is 0.414 e. The molecule has 1 rings (SSSR count). The molecule has 3 heteroatoms. The molecule has 1 aliphatic carbocycles. The van der Waals surface area contributed by atoms with Crippen LogP contribution in [0.2, 0.25) is 18.1 Å². The molecule has 0 spiro atoms. The van der Waals surface area contributed by atoms with Gasteiger partial charge in [0, 0.05) is 12.5 Å². The monoisotopic (exact) mass is 436 g/mol. The van der Waals surface area contributed by atoms with Crippen LogP contribution in [0.1, 0.15) is 113 Å². The number of aliphatic hydroxyl groups is 1. The Morgan fingerprint density at radius 3 is 2.33 bits per heavy atom. The van der Waals surface area contributed by atoms with Crippen molar-refractivity contribution in [3.8, 4) is 12.3 Å². The van der Waals surface area contributed by atoms with Crippen molar-refractivity contribution < 1.29 is 9.53 Å². The Morgan fingerprint density at radius 2 is 1.83 bits per heavy atom. The first-order chi connectivity index (χ1) is 13.6. The fourth-order valence-electron chi connectivity index (χ4n) is 5.35. The lowest BCUT2D eigenvalue weighted by Gasteiger charge is -2.49. The predicted molar refractivity (Wildman–Crippen MR) is 134 cm³/mol. The number of hydrogen-bond donors (Lipinski definition) is 1. The lowest BCUT2D eigenvalue weighted by Crippen LogP contribution is -2.47. The van der Waals surface area contributed by atoms with Crippen molar-refractivity contribution >= 4 is 8.32 Å². The van der Waals surface area contributed by atoms with Crippen LogP contribution in [0, 0.1) is 29.6 Å². The zero-order chi connectivity index (χ0) is 23.2. The molecule has 1 N–H and O–H groups in total. The summed E-state index contributed by atoms with van der Waals surface area (Å²) in [6.07, 6.45) is 17.5. The van der Waals surface area contributed by atoms with Gasteiger partial charge < -0.3 is 9.53 Å². The van der Waals surface area contributed by atoms with Gasteiger partial charge in [-0.1, -0.05) is 53.9 Å². The molecule has 0 aromatic rings. The fraction of sp³-hybridized carbons (Fsp3) is 0.926. The van der Waals surface area contributed by atoms with Crippen LogP contribution in [0.4, 0.5) is 0 Å². The van der Waals surface area contributed by atoms with Crippen LogP contribution in [0.5, 0.6) is 0 Å². The zero-order valence-electron chi connectivity index (χ0n) is 21.7. The molecule has 0 bridgehead atoms. The van der Waals surface area contributed by atoms with Gasteiger partial charge in [0.15, 0.2) is 8.32 Å². The highest BCUT2D eigenvalue weighted by Gasteiger charge is 2.45. The average Bonchev–Trinajstić information content (AvgIpc) is 2.56. The Morgan fingerprint density at radius 1 is 1.20 bits per heavy atom. The Kier molecular flexibility index (Phi) is 10.2. The second-order valence-electron chi connectivity index (χ2n) is 12.5. The molecule has 1 aliphatic rings. The molecule has 0 heterocycles. The number of terminal acetylenes is 1. The third-order valence-electron chi connectivity index (χ3n) is 8.04. The van der Waals surface area contributed by atoms with Gasteiger partial charge in [-0.3, -0.25) is 0 Å². The van der Waals surface area contributed by atoms with E-state index in [4.69, 9.17) is 10.8 Å². The standard InChI is InChI=1S/C27H52O2Si/c1-11-15-22(17-13-19-26(6,7)28)24(16-12-2)27(8)20-14-18-23(21-27)29-30(9,10)25(3,4)5/h1,22-24,28H,12-21H2,2-10H3/t22-,23+,24?,27+/m1/s1. The van der Waals surface area contributed by atoms with Crippen molar-refractivity contribution in [2.75, 3.05) is 0 Å². The Labute approximate surface area is 190 Å². The van der Waals surface area contributed by atoms with Gasteiger partial charge in [-0.15, -0.1) is 12.3 Å². The lowest BCUT2D eigenvalue weighted by atomic mass is 9.60. The molecule has 0 aromatic carbocycles. The van der Waals surface area contributed by atoms with Crippen molar-refractivity contribution in [1.82, 2.24) is 0 Å². The summed E-state index contributed by atoms with van der Waals surface area (Å²) in [5.74, 6) is 4.19. The maximum Gasteiger partial charge on any atom is 0.192 e. The Balaban J connectivity index is 2.98. The van der Waals surface area contributed by atoms with Crippen molar-refractivity contribution in [3.63, 3.8) is 0 Å². The SMILES string of the molecule is C#CC[C@H](CCCC(C)(C)O)C(CCC)[C@@]1(C)CCC[C@H](O[Si](C)(C)C(C)(C)C)C1. The van der Waals surface area contributed by atoms with Gasteiger partial charge in [-0.25, -0.2) is 0 Å². The molecule has 1 unspecified atom stereocenters. The molecule has 4 atom stereocenters. The first kappa shape index (κ1) is 27.7. The van der Waals surface area contributed by atoms with E-state index in [9.17, 15) is 5.11 Å². The fourth-order valence-corrected chi connectivity index (χ4v) is 6.73. The van der Waals surface area contributed by atoms with E-state index in [1.165, 1.54) is 38.5 Å². The zero-order valence-corrected chi connectivity index (χ0v) is 22.7. The lowest BCUT2D eigenvalue weighted by molar-refractivity contribution is -0.00258. The smallest absolute Gasteiger partial charge is 0.192 e. The summed E-state index contributed by atoms with van der Waals surface area (Å²) in [4.78, 5) is 0. The van der Waals surface area contributed by atoms with Crippen LogP contribution in [0.15, 0.2) is 0 Å². The third kappa shape index (κ3) is 8.32. The summed E-state index contributed by atoms with van der Waals surface area (Å²) in [5.41, 5.74) is -0.282. The van der Waals surface area contributed by atoms with E-state index in [1.807, 2.05) is 13.8 Å². The topological polar surface area (TPSA) is 29.5 Å². The van der Waals surface area contributed by atoms with E-state index in [0.29, 0.717) is 23.4 Å². The summed E-state index contributed by atoms with van der Waals surface area (Å²) in [6, 6.07) is 0. The highest BCUT2D eigenvalue weighted by molar-refractivity contribution is 6.74. The molecule has 176 valence electrons. The summed E-state index contributed by atoms with van der Waals surface area (Å²) >= 11 is 0. The maximum atomic E-state index is 10.2. The van der Waals surface area contributed by atoms with E-state index >= 15 is 0 Å². The van der Waals surface area contributed by atoms with Crippen LogP contribution >= 0.6 is 0 Å². The molecular weight excluding hydrogens is 384 g/mol. The van der Waals surface area contributed by atoms with Gasteiger partial charge in [0.1, 0.15) is 0 Å². The minimum Gasteiger partial charge on any atom is -0.414 e. The van der Waals surface area contributed by atoms with Gasteiger partial charge in [-0.2, -0.15) is 0 Å². The Bertz CT molecular complexity index is 549. The van der Waals surface area contributed by atoms with Gasteiger partial charge in [0.25, 0.3) is 0 Å². The molecular formula is C27H52O2Si.